The van der Waals surface area contributed by atoms with Crippen LogP contribution >= 0.6 is 11.3 Å². The van der Waals surface area contributed by atoms with E-state index in [1.165, 1.54) is 11.3 Å². The molecule has 5 nitrogen and oxygen atoms in total. The fraction of sp³-hybridized carbons (Fsp3) is 0.238. The molecule has 2 amide bonds. The van der Waals surface area contributed by atoms with E-state index in [-0.39, 0.29) is 11.9 Å². The van der Waals surface area contributed by atoms with Crippen molar-refractivity contribution in [2.75, 3.05) is 6.54 Å². The first-order chi connectivity index (χ1) is 13.1. The molecule has 2 N–H and O–H groups in total. The number of rotatable bonds is 5. The highest BCUT2D eigenvalue weighted by Gasteiger charge is 2.29. The second kappa shape index (κ2) is 7.40. The van der Waals surface area contributed by atoms with Crippen LogP contribution in [0.2, 0.25) is 0 Å². The van der Waals surface area contributed by atoms with Crippen LogP contribution in [0.1, 0.15) is 32.9 Å². The van der Waals surface area contributed by atoms with Crippen LogP contribution in [0.25, 0.3) is 10.4 Å². The number of aromatic nitrogens is 1. The Kier molecular flexibility index (Phi) is 4.81. The number of carbonyl (C=O) groups is 2. The third-order valence-corrected chi connectivity index (χ3v) is 6.14. The summed E-state index contributed by atoms with van der Waals surface area (Å²) in [6.07, 6.45) is 6.15. The normalized spacial score (nSPS) is 16.6. The summed E-state index contributed by atoms with van der Waals surface area (Å²) in [5.74, 6) is -0.332. The Morgan fingerprint density at radius 1 is 1.07 bits per heavy atom. The molecule has 138 valence electrons. The molecule has 1 unspecified atom stereocenters. The maximum Gasteiger partial charge on any atom is 0.258 e. The van der Waals surface area contributed by atoms with Gasteiger partial charge in [-0.15, -0.1) is 11.3 Å². The van der Waals surface area contributed by atoms with Crippen molar-refractivity contribution in [3.8, 4) is 10.4 Å². The van der Waals surface area contributed by atoms with E-state index < -0.39 is 5.91 Å². The smallest absolute Gasteiger partial charge is 0.258 e. The number of primary amides is 1. The number of carbonyl (C=O) groups excluding carboxylic acids is 2. The fourth-order valence-electron chi connectivity index (χ4n) is 3.60. The van der Waals surface area contributed by atoms with E-state index in [0.717, 1.165) is 36.4 Å². The Hall–Kier alpha value is -2.86. The monoisotopic (exact) mass is 379 g/mol. The molecule has 0 bridgehead atoms. The second-order valence-electron chi connectivity index (χ2n) is 6.78. The molecule has 2 aromatic heterocycles. The van der Waals surface area contributed by atoms with Gasteiger partial charge in [0.1, 0.15) is 0 Å². The van der Waals surface area contributed by atoms with Crippen molar-refractivity contribution in [2.24, 2.45) is 5.73 Å². The van der Waals surface area contributed by atoms with Gasteiger partial charge in [-0.25, -0.2) is 0 Å². The molecule has 1 atom stereocenters. The van der Waals surface area contributed by atoms with Crippen LogP contribution in [0, 0.1) is 0 Å². The van der Waals surface area contributed by atoms with Crippen molar-refractivity contribution in [2.45, 2.75) is 25.4 Å². The Labute approximate surface area is 162 Å². The predicted octanol–water partition coefficient (Wildman–Crippen LogP) is 3.62. The van der Waals surface area contributed by atoms with Gasteiger partial charge in [0.05, 0.1) is 4.88 Å². The summed E-state index contributed by atoms with van der Waals surface area (Å²) in [5.41, 5.74) is 7.00. The van der Waals surface area contributed by atoms with Crippen LogP contribution in [0.5, 0.6) is 0 Å². The molecule has 1 aliphatic rings. The second-order valence-corrected chi connectivity index (χ2v) is 7.86. The topological polar surface area (TPSA) is 68.3 Å². The van der Waals surface area contributed by atoms with Crippen LogP contribution in [-0.4, -0.2) is 33.9 Å². The van der Waals surface area contributed by atoms with Crippen molar-refractivity contribution in [3.63, 3.8) is 0 Å². The van der Waals surface area contributed by atoms with E-state index in [9.17, 15) is 9.59 Å². The Bertz CT molecular complexity index is 944. The molecule has 6 heteroatoms. The summed E-state index contributed by atoms with van der Waals surface area (Å²) in [7, 11) is 0. The first kappa shape index (κ1) is 17.5. The highest BCUT2D eigenvalue weighted by atomic mass is 32.1. The van der Waals surface area contributed by atoms with Gasteiger partial charge in [0.2, 0.25) is 0 Å². The zero-order valence-electron chi connectivity index (χ0n) is 14.9. The third kappa shape index (κ3) is 3.66. The molecule has 1 fully saturated rings. The number of amides is 2. The SMILES string of the molecule is NC(=O)c1ccc(-c2ccc(C(=O)N3CCCC3Cn3cccc3)cc2)s1. The van der Waals surface area contributed by atoms with E-state index in [1.54, 1.807) is 6.07 Å². The van der Waals surface area contributed by atoms with Gasteiger partial charge < -0.3 is 15.2 Å². The van der Waals surface area contributed by atoms with Gasteiger partial charge in [0.15, 0.2) is 0 Å². The van der Waals surface area contributed by atoms with Crippen molar-refractivity contribution >= 4 is 23.2 Å². The average Bonchev–Trinajstić information content (AvgIpc) is 3.43. The lowest BCUT2D eigenvalue weighted by Crippen LogP contribution is -2.37. The molecule has 1 saturated heterocycles. The maximum atomic E-state index is 13.0. The molecular formula is C21H21N3O2S. The molecule has 0 spiro atoms. The zero-order chi connectivity index (χ0) is 18.8. The summed E-state index contributed by atoms with van der Waals surface area (Å²) < 4.78 is 2.13. The molecule has 0 aliphatic carbocycles. The van der Waals surface area contributed by atoms with Crippen LogP contribution in [-0.2, 0) is 6.54 Å². The summed E-state index contributed by atoms with van der Waals surface area (Å²) in [5, 5.41) is 0. The van der Waals surface area contributed by atoms with Gasteiger partial charge in [0.25, 0.3) is 11.8 Å². The Morgan fingerprint density at radius 3 is 2.48 bits per heavy atom. The first-order valence-corrected chi connectivity index (χ1v) is 9.85. The lowest BCUT2D eigenvalue weighted by molar-refractivity contribution is 0.0724. The summed E-state index contributed by atoms with van der Waals surface area (Å²) in [6.45, 7) is 1.64. The largest absolute Gasteiger partial charge is 0.365 e. The number of nitrogens with two attached hydrogens (primary N) is 1. The Balaban J connectivity index is 1.49. The van der Waals surface area contributed by atoms with E-state index >= 15 is 0 Å². The van der Waals surface area contributed by atoms with E-state index in [4.69, 9.17) is 5.73 Å². The minimum Gasteiger partial charge on any atom is -0.365 e. The molecule has 3 aromatic rings. The number of hydrogen-bond acceptors (Lipinski definition) is 3. The maximum absolute atomic E-state index is 13.0. The van der Waals surface area contributed by atoms with Crippen molar-refractivity contribution in [1.82, 2.24) is 9.47 Å². The minimum atomic E-state index is -0.416. The summed E-state index contributed by atoms with van der Waals surface area (Å²) in [4.78, 5) is 27.7. The van der Waals surface area contributed by atoms with Crippen molar-refractivity contribution in [1.29, 1.82) is 0 Å². The van der Waals surface area contributed by atoms with Crippen LogP contribution in [0.15, 0.2) is 60.9 Å². The number of nitrogens with zero attached hydrogens (tertiary/aromatic N) is 2. The standard InChI is InChI=1S/C21H21N3O2S/c22-20(25)19-10-9-18(27-19)15-5-7-16(8-6-15)21(26)24-13-3-4-17(24)14-23-11-1-2-12-23/h1-2,5-12,17H,3-4,13-14H2,(H2,22,25). The van der Waals surface area contributed by atoms with Gasteiger partial charge in [-0.3, -0.25) is 9.59 Å². The lowest BCUT2D eigenvalue weighted by atomic mass is 10.1. The zero-order valence-corrected chi connectivity index (χ0v) is 15.7. The van der Waals surface area contributed by atoms with Crippen molar-refractivity contribution in [3.05, 3.63) is 71.4 Å². The average molecular weight is 379 g/mol. The van der Waals surface area contributed by atoms with E-state index in [2.05, 4.69) is 4.57 Å². The number of hydrogen-bond donors (Lipinski definition) is 1. The molecule has 4 rings (SSSR count). The van der Waals surface area contributed by atoms with Crippen molar-refractivity contribution < 1.29 is 9.59 Å². The molecule has 0 saturated carbocycles. The molecular weight excluding hydrogens is 358 g/mol. The van der Waals surface area contributed by atoms with Gasteiger partial charge >= 0.3 is 0 Å². The predicted molar refractivity (Wildman–Crippen MR) is 107 cm³/mol. The number of likely N-dealkylation sites (tertiary alicyclic amines) is 1. The summed E-state index contributed by atoms with van der Waals surface area (Å²) in [6, 6.07) is 15.5. The fourth-order valence-corrected chi connectivity index (χ4v) is 4.46. The van der Waals surface area contributed by atoms with Gasteiger partial charge in [0, 0.05) is 42.0 Å². The number of thiophene rings is 1. The van der Waals surface area contributed by atoms with E-state index in [1.807, 2.05) is 59.8 Å². The molecule has 3 heterocycles. The first-order valence-electron chi connectivity index (χ1n) is 9.03. The van der Waals surface area contributed by atoms with Gasteiger partial charge in [-0.1, -0.05) is 12.1 Å². The third-order valence-electron chi connectivity index (χ3n) is 4.99. The molecule has 27 heavy (non-hydrogen) atoms. The summed E-state index contributed by atoms with van der Waals surface area (Å²) >= 11 is 1.36. The van der Waals surface area contributed by atoms with Crippen LogP contribution in [0.3, 0.4) is 0 Å². The highest BCUT2D eigenvalue weighted by Crippen LogP contribution is 2.29. The van der Waals surface area contributed by atoms with Crippen LogP contribution in [0.4, 0.5) is 0 Å². The van der Waals surface area contributed by atoms with Gasteiger partial charge in [-0.2, -0.15) is 0 Å². The minimum absolute atomic E-state index is 0.0835. The highest BCUT2D eigenvalue weighted by molar-refractivity contribution is 7.17. The molecule has 1 aromatic carbocycles. The number of benzene rings is 1. The quantitative estimate of drug-likeness (QED) is 0.736. The Morgan fingerprint density at radius 2 is 1.81 bits per heavy atom. The lowest BCUT2D eigenvalue weighted by Gasteiger charge is -2.25. The molecule has 0 radical (unpaired) electrons. The molecule has 1 aliphatic heterocycles. The van der Waals surface area contributed by atoms with Crippen LogP contribution < -0.4 is 5.73 Å². The van der Waals surface area contributed by atoms with Gasteiger partial charge in [-0.05, 0) is 54.8 Å². The van der Waals surface area contributed by atoms with E-state index in [0.29, 0.717) is 10.4 Å².